The largest absolute Gasteiger partial charge is 0.391 e. The Morgan fingerprint density at radius 2 is 2.37 bits per heavy atom. The Kier molecular flexibility index (Phi) is 3.49. The lowest BCUT2D eigenvalue weighted by molar-refractivity contribution is -0.372. The zero-order valence-electron chi connectivity index (χ0n) is 9.44. The zero-order chi connectivity index (χ0) is 14.2. The summed E-state index contributed by atoms with van der Waals surface area (Å²) in [5.74, 6) is -2.67. The second kappa shape index (κ2) is 4.81. The summed E-state index contributed by atoms with van der Waals surface area (Å²) >= 11 is 0. The minimum atomic E-state index is -2.58. The summed E-state index contributed by atoms with van der Waals surface area (Å²) in [6.07, 6.45) is -4.94. The van der Waals surface area contributed by atoms with E-state index in [9.17, 15) is 18.8 Å². The van der Waals surface area contributed by atoms with Crippen molar-refractivity contribution in [2.24, 2.45) is 0 Å². The number of hydrogen-bond acceptors (Lipinski definition) is 7. The van der Waals surface area contributed by atoms with E-state index in [-0.39, 0.29) is 5.82 Å². The Labute approximate surface area is 104 Å². The fraction of sp³-hybridized carbons (Fsp3) is 0.556. The van der Waals surface area contributed by atoms with Crippen LogP contribution in [0.15, 0.2) is 17.1 Å². The van der Waals surface area contributed by atoms with Crippen LogP contribution in [0.2, 0.25) is 0 Å². The molecule has 4 atom stereocenters. The standard InChI is InChI=1S/C9H11F2N3O5/c10-5-6(16)9(3-15,19-11)18-7(5)14-2-1-4(12)13-8(14)17/h1-2,5-7,15-16H,3H2,(H2,12,13,17)/t5-,6+,7-,9+/m1/s1. The van der Waals surface area contributed by atoms with Crippen molar-refractivity contribution < 1.29 is 28.8 Å². The van der Waals surface area contributed by atoms with Crippen molar-refractivity contribution in [2.75, 3.05) is 12.3 Å². The van der Waals surface area contributed by atoms with Crippen molar-refractivity contribution in [1.82, 2.24) is 9.55 Å². The van der Waals surface area contributed by atoms with E-state index in [1.807, 2.05) is 0 Å². The SMILES string of the molecule is Nc1ccn([C@@H]2O[C@@](CO)(OF)[C@@H](O)[C@H]2F)c(=O)n1. The molecule has 1 aromatic heterocycles. The molecule has 0 unspecified atom stereocenters. The monoisotopic (exact) mass is 279 g/mol. The molecule has 1 saturated heterocycles. The van der Waals surface area contributed by atoms with Crippen molar-refractivity contribution in [3.8, 4) is 0 Å². The second-order valence-electron chi connectivity index (χ2n) is 3.99. The zero-order valence-corrected chi connectivity index (χ0v) is 9.44. The summed E-state index contributed by atoms with van der Waals surface area (Å²) in [7, 11) is 0. The van der Waals surface area contributed by atoms with Crippen LogP contribution in [0.1, 0.15) is 6.23 Å². The fourth-order valence-electron chi connectivity index (χ4n) is 1.79. The number of aliphatic hydroxyl groups is 2. The molecular weight excluding hydrogens is 268 g/mol. The number of nitrogen functional groups attached to an aromatic ring is 1. The molecular formula is C9H11F2N3O5. The van der Waals surface area contributed by atoms with Gasteiger partial charge < -0.3 is 20.7 Å². The molecule has 1 aromatic rings. The van der Waals surface area contributed by atoms with E-state index in [4.69, 9.17) is 15.6 Å². The van der Waals surface area contributed by atoms with Crippen molar-refractivity contribution in [1.29, 1.82) is 0 Å². The summed E-state index contributed by atoms with van der Waals surface area (Å²) in [6.45, 7) is -1.14. The first-order chi connectivity index (χ1) is 8.95. The van der Waals surface area contributed by atoms with Crippen molar-refractivity contribution in [3.63, 3.8) is 0 Å². The molecule has 4 N–H and O–H groups in total. The molecule has 0 bridgehead atoms. The molecule has 0 saturated carbocycles. The second-order valence-corrected chi connectivity index (χ2v) is 3.99. The van der Waals surface area contributed by atoms with Crippen LogP contribution >= 0.6 is 0 Å². The topological polar surface area (TPSA) is 120 Å². The molecule has 19 heavy (non-hydrogen) atoms. The Morgan fingerprint density at radius 1 is 1.68 bits per heavy atom. The van der Waals surface area contributed by atoms with Crippen LogP contribution in [0.5, 0.6) is 0 Å². The quantitative estimate of drug-likeness (QED) is 0.625. The highest BCUT2D eigenvalue weighted by Crippen LogP contribution is 2.39. The van der Waals surface area contributed by atoms with Gasteiger partial charge in [-0.3, -0.25) is 4.57 Å². The minimum Gasteiger partial charge on any atom is -0.391 e. The van der Waals surface area contributed by atoms with E-state index in [2.05, 4.69) is 9.93 Å². The number of hydrogen-bond donors (Lipinski definition) is 3. The van der Waals surface area contributed by atoms with Gasteiger partial charge in [0.25, 0.3) is 5.79 Å². The van der Waals surface area contributed by atoms with Crippen LogP contribution in [-0.2, 0) is 9.68 Å². The molecule has 8 nitrogen and oxygen atoms in total. The van der Waals surface area contributed by atoms with Crippen LogP contribution in [0.25, 0.3) is 0 Å². The van der Waals surface area contributed by atoms with E-state index in [1.165, 1.54) is 6.07 Å². The Bertz CT molecular complexity index is 521. The predicted octanol–water partition coefficient (Wildman–Crippen LogP) is -1.36. The molecule has 1 fully saturated rings. The molecule has 1 aliphatic heterocycles. The maximum Gasteiger partial charge on any atom is 0.351 e. The van der Waals surface area contributed by atoms with Crippen molar-refractivity contribution in [2.45, 2.75) is 24.3 Å². The van der Waals surface area contributed by atoms with Gasteiger partial charge in [-0.25, -0.2) is 9.18 Å². The number of halogens is 2. The summed E-state index contributed by atoms with van der Waals surface area (Å²) in [6, 6.07) is 1.19. The number of alkyl halides is 1. The van der Waals surface area contributed by atoms with Crippen LogP contribution < -0.4 is 11.4 Å². The first-order valence-corrected chi connectivity index (χ1v) is 5.20. The van der Waals surface area contributed by atoms with Gasteiger partial charge in [-0.05, 0) is 10.6 Å². The highest BCUT2D eigenvalue weighted by molar-refractivity contribution is 5.23. The lowest BCUT2D eigenvalue weighted by Crippen LogP contribution is -2.46. The van der Waals surface area contributed by atoms with Crippen molar-refractivity contribution in [3.05, 3.63) is 22.7 Å². The number of anilines is 1. The Hall–Kier alpha value is -1.62. The highest BCUT2D eigenvalue weighted by atomic mass is 19.3. The average molecular weight is 279 g/mol. The molecule has 0 aromatic carbocycles. The smallest absolute Gasteiger partial charge is 0.351 e. The number of nitrogens with zero attached hydrogens (tertiary/aromatic N) is 2. The third-order valence-corrected chi connectivity index (χ3v) is 2.82. The summed E-state index contributed by atoms with van der Waals surface area (Å²) in [4.78, 5) is 18.2. The summed E-state index contributed by atoms with van der Waals surface area (Å²) in [5.41, 5.74) is 4.31. The molecule has 1 aliphatic rings. The molecule has 0 aliphatic carbocycles. The predicted molar refractivity (Wildman–Crippen MR) is 55.9 cm³/mol. The van der Waals surface area contributed by atoms with Gasteiger partial charge in [-0.2, -0.15) is 9.93 Å². The molecule has 0 amide bonds. The lowest BCUT2D eigenvalue weighted by atomic mass is 10.1. The van der Waals surface area contributed by atoms with Crippen LogP contribution in [0, 0.1) is 0 Å². The molecule has 2 heterocycles. The molecule has 106 valence electrons. The third-order valence-electron chi connectivity index (χ3n) is 2.82. The summed E-state index contributed by atoms with van der Waals surface area (Å²) < 4.78 is 31.7. The van der Waals surface area contributed by atoms with Gasteiger partial charge in [0, 0.05) is 6.20 Å². The molecule has 2 rings (SSSR count). The molecule has 10 heteroatoms. The van der Waals surface area contributed by atoms with Crippen LogP contribution in [0.3, 0.4) is 0 Å². The lowest BCUT2D eigenvalue weighted by Gasteiger charge is -2.23. The first-order valence-electron chi connectivity index (χ1n) is 5.20. The number of nitrogens with two attached hydrogens (primary N) is 1. The van der Waals surface area contributed by atoms with E-state index in [0.717, 1.165) is 6.20 Å². The maximum atomic E-state index is 13.9. The van der Waals surface area contributed by atoms with Gasteiger partial charge in [0.05, 0.1) is 0 Å². The third kappa shape index (κ3) is 2.08. The number of ether oxygens (including phenoxy) is 1. The average Bonchev–Trinajstić information content (AvgIpc) is 2.64. The Balaban J connectivity index is 2.39. The number of aliphatic hydroxyl groups excluding tert-OH is 2. The van der Waals surface area contributed by atoms with Crippen LogP contribution in [-0.4, -0.2) is 44.4 Å². The van der Waals surface area contributed by atoms with Crippen LogP contribution in [0.4, 0.5) is 14.7 Å². The van der Waals surface area contributed by atoms with Gasteiger partial charge in [0.1, 0.15) is 18.5 Å². The first kappa shape index (κ1) is 13.8. The number of rotatable bonds is 3. The highest BCUT2D eigenvalue weighted by Gasteiger charge is 2.58. The van der Waals surface area contributed by atoms with Gasteiger partial charge in [-0.1, -0.05) is 0 Å². The van der Waals surface area contributed by atoms with Gasteiger partial charge in [0.2, 0.25) is 0 Å². The van der Waals surface area contributed by atoms with E-state index in [1.54, 1.807) is 0 Å². The number of aromatic nitrogens is 2. The van der Waals surface area contributed by atoms with E-state index >= 15 is 0 Å². The van der Waals surface area contributed by atoms with Crippen molar-refractivity contribution >= 4 is 5.82 Å². The molecule has 0 spiro atoms. The Morgan fingerprint density at radius 3 is 2.84 bits per heavy atom. The van der Waals surface area contributed by atoms with Gasteiger partial charge in [0.15, 0.2) is 12.4 Å². The minimum absolute atomic E-state index is 0.0923. The molecule has 0 radical (unpaired) electrons. The maximum absolute atomic E-state index is 13.9. The van der Waals surface area contributed by atoms with E-state index in [0.29, 0.717) is 4.57 Å². The van der Waals surface area contributed by atoms with E-state index < -0.39 is 36.6 Å². The fourth-order valence-corrected chi connectivity index (χ4v) is 1.79. The normalized spacial score (nSPS) is 34.6. The van der Waals surface area contributed by atoms with Gasteiger partial charge >= 0.3 is 5.69 Å². The summed E-state index contributed by atoms with van der Waals surface area (Å²) in [5, 5.41) is 18.4. The van der Waals surface area contributed by atoms with Gasteiger partial charge in [-0.15, -0.1) is 0 Å².